The summed E-state index contributed by atoms with van der Waals surface area (Å²) in [4.78, 5) is 9.11. The zero-order chi connectivity index (χ0) is 18.1. The molecule has 1 aliphatic heterocycles. The van der Waals surface area contributed by atoms with Crippen LogP contribution in [0.3, 0.4) is 0 Å². The number of fused-ring (bicyclic) bond motifs is 1. The average Bonchev–Trinajstić information content (AvgIpc) is 3.06. The second kappa shape index (κ2) is 8.60. The van der Waals surface area contributed by atoms with Crippen LogP contribution in [0.4, 0.5) is 14.5 Å². The normalized spacial score (nSPS) is 16.3. The minimum Gasteiger partial charge on any atom is -0.369 e. The first-order chi connectivity index (χ1) is 12.6. The maximum atomic E-state index is 13.3. The van der Waals surface area contributed by atoms with Crippen molar-refractivity contribution in [3.05, 3.63) is 59.1 Å². The van der Waals surface area contributed by atoms with Crippen molar-refractivity contribution >= 4 is 44.2 Å². The summed E-state index contributed by atoms with van der Waals surface area (Å²) in [6.45, 7) is 4.27. The van der Waals surface area contributed by atoms with E-state index in [9.17, 15) is 8.78 Å². The Kier molecular flexibility index (Phi) is 6.41. The molecule has 1 atom stereocenters. The van der Waals surface area contributed by atoms with Crippen molar-refractivity contribution in [2.45, 2.75) is 6.04 Å². The second-order valence-corrected chi connectivity index (χ2v) is 7.60. The fraction of sp³-hybridized carbons (Fsp3) is 0.316. The van der Waals surface area contributed by atoms with Crippen molar-refractivity contribution in [3.63, 3.8) is 0 Å². The smallest absolute Gasteiger partial charge is 0.124 e. The van der Waals surface area contributed by atoms with Crippen LogP contribution in [-0.2, 0) is 0 Å². The predicted octanol–water partition coefficient (Wildman–Crippen LogP) is 3.97. The largest absolute Gasteiger partial charge is 0.369 e. The van der Waals surface area contributed by atoms with Gasteiger partial charge in [-0.25, -0.2) is 13.8 Å². The zero-order valence-corrected chi connectivity index (χ0v) is 17.2. The molecule has 0 amide bonds. The molecule has 1 aromatic heterocycles. The summed E-state index contributed by atoms with van der Waals surface area (Å²) in [5.41, 5.74) is 8.19. The molecule has 0 spiro atoms. The molecule has 4 nitrogen and oxygen atoms in total. The van der Waals surface area contributed by atoms with E-state index in [1.807, 2.05) is 12.1 Å². The van der Waals surface area contributed by atoms with Crippen LogP contribution in [0.1, 0.15) is 11.0 Å². The molecule has 2 heterocycles. The Morgan fingerprint density at radius 2 is 1.67 bits per heavy atom. The maximum absolute atomic E-state index is 13.3. The molecule has 0 radical (unpaired) electrons. The van der Waals surface area contributed by atoms with Crippen molar-refractivity contribution in [3.8, 4) is 0 Å². The second-order valence-electron chi connectivity index (χ2n) is 6.53. The number of anilines is 1. The first kappa shape index (κ1) is 20.1. The zero-order valence-electron chi connectivity index (χ0n) is 14.6. The average molecular weight is 455 g/mol. The van der Waals surface area contributed by atoms with Gasteiger partial charge in [-0.2, -0.15) is 0 Å². The molecule has 27 heavy (non-hydrogen) atoms. The number of nitrogens with zero attached hydrogens (tertiary/aromatic N) is 3. The monoisotopic (exact) mass is 454 g/mol. The third-order valence-electron chi connectivity index (χ3n) is 4.70. The lowest BCUT2D eigenvalue weighted by Gasteiger charge is -2.36. The lowest BCUT2D eigenvalue weighted by Crippen LogP contribution is -2.48. The van der Waals surface area contributed by atoms with Crippen molar-refractivity contribution in [1.82, 2.24) is 9.88 Å². The number of nitrogens with two attached hydrogens (primary N) is 1. The molecular weight excluding hydrogens is 434 g/mol. The minimum absolute atomic E-state index is 0. The molecule has 1 fully saturated rings. The molecule has 0 aliphatic carbocycles. The van der Waals surface area contributed by atoms with Gasteiger partial charge in [-0.3, -0.25) is 4.90 Å². The Bertz CT molecular complexity index is 894. The van der Waals surface area contributed by atoms with E-state index in [-0.39, 0.29) is 34.7 Å². The maximum Gasteiger partial charge on any atom is 0.124 e. The highest BCUT2D eigenvalue weighted by Gasteiger charge is 2.21. The number of aromatic nitrogens is 1. The third-order valence-corrected chi connectivity index (χ3v) is 5.85. The fourth-order valence-corrected chi connectivity index (χ4v) is 4.26. The Morgan fingerprint density at radius 1 is 1.00 bits per heavy atom. The first-order valence-corrected chi connectivity index (χ1v) is 9.44. The first-order valence-electron chi connectivity index (χ1n) is 8.63. The lowest BCUT2D eigenvalue weighted by molar-refractivity contribution is 0.243. The standard InChI is InChI=1S/C19H20F2N4S.BrH/c20-13-1-4-15(5-2-13)25-9-7-24(8-10-25)12-16(22)19-23-17-6-3-14(21)11-18(17)26-19;/h1-6,11,16H,7-10,12,22H2;1H. The lowest BCUT2D eigenvalue weighted by atomic mass is 10.2. The van der Waals surface area contributed by atoms with Crippen LogP contribution in [0.15, 0.2) is 42.5 Å². The predicted molar refractivity (Wildman–Crippen MR) is 112 cm³/mol. The number of piperazine rings is 1. The van der Waals surface area contributed by atoms with E-state index in [0.717, 1.165) is 53.6 Å². The summed E-state index contributed by atoms with van der Waals surface area (Å²) < 4.78 is 27.2. The Labute approximate surface area is 171 Å². The van der Waals surface area contributed by atoms with Crippen LogP contribution in [0.5, 0.6) is 0 Å². The molecule has 2 aromatic carbocycles. The molecule has 1 unspecified atom stereocenters. The van der Waals surface area contributed by atoms with E-state index in [4.69, 9.17) is 5.73 Å². The molecule has 1 saturated heterocycles. The molecule has 3 aromatic rings. The summed E-state index contributed by atoms with van der Waals surface area (Å²) in [5.74, 6) is -0.465. The molecule has 0 saturated carbocycles. The van der Waals surface area contributed by atoms with Gasteiger partial charge in [0.1, 0.15) is 16.6 Å². The van der Waals surface area contributed by atoms with E-state index in [1.54, 1.807) is 6.07 Å². The SMILES string of the molecule is Br.NC(CN1CCN(c2ccc(F)cc2)CC1)c1nc2ccc(F)cc2s1. The molecule has 144 valence electrons. The van der Waals surface area contributed by atoms with Crippen LogP contribution in [0.2, 0.25) is 0 Å². The summed E-state index contributed by atoms with van der Waals surface area (Å²) >= 11 is 1.46. The fourth-order valence-electron chi connectivity index (χ4n) is 3.27. The van der Waals surface area contributed by atoms with Crippen LogP contribution < -0.4 is 10.6 Å². The van der Waals surface area contributed by atoms with Gasteiger partial charge in [0.15, 0.2) is 0 Å². The van der Waals surface area contributed by atoms with Gasteiger partial charge in [0.2, 0.25) is 0 Å². The molecule has 4 rings (SSSR count). The van der Waals surface area contributed by atoms with Crippen LogP contribution in [0, 0.1) is 11.6 Å². The number of halogens is 3. The molecular formula is C19H21BrF2N4S. The number of thiazole rings is 1. The molecule has 0 bridgehead atoms. The van der Waals surface area contributed by atoms with Gasteiger partial charge in [0, 0.05) is 38.4 Å². The molecule has 2 N–H and O–H groups in total. The van der Waals surface area contributed by atoms with Crippen molar-refractivity contribution in [1.29, 1.82) is 0 Å². The van der Waals surface area contributed by atoms with Crippen LogP contribution >= 0.6 is 28.3 Å². The topological polar surface area (TPSA) is 45.4 Å². The van der Waals surface area contributed by atoms with E-state index in [2.05, 4.69) is 14.8 Å². The number of hydrogen-bond donors (Lipinski definition) is 1. The highest BCUT2D eigenvalue weighted by Crippen LogP contribution is 2.27. The summed E-state index contributed by atoms with van der Waals surface area (Å²) in [5, 5.41) is 0.839. The third kappa shape index (κ3) is 4.63. The summed E-state index contributed by atoms with van der Waals surface area (Å²) in [6.07, 6.45) is 0. The highest BCUT2D eigenvalue weighted by molar-refractivity contribution is 8.93. The number of benzene rings is 2. The summed E-state index contributed by atoms with van der Waals surface area (Å²) in [7, 11) is 0. The van der Waals surface area contributed by atoms with Gasteiger partial charge in [-0.15, -0.1) is 28.3 Å². The van der Waals surface area contributed by atoms with Crippen LogP contribution in [0.25, 0.3) is 10.2 Å². The molecule has 1 aliphatic rings. The van der Waals surface area contributed by atoms with Crippen molar-refractivity contribution < 1.29 is 8.78 Å². The van der Waals surface area contributed by atoms with Gasteiger partial charge >= 0.3 is 0 Å². The van der Waals surface area contributed by atoms with E-state index in [1.165, 1.54) is 35.6 Å². The summed E-state index contributed by atoms with van der Waals surface area (Å²) in [6, 6.07) is 11.1. The highest BCUT2D eigenvalue weighted by atomic mass is 79.9. The Balaban J connectivity index is 0.00000210. The van der Waals surface area contributed by atoms with Crippen molar-refractivity contribution in [2.24, 2.45) is 5.73 Å². The molecule has 8 heteroatoms. The Morgan fingerprint density at radius 3 is 2.37 bits per heavy atom. The van der Waals surface area contributed by atoms with Gasteiger partial charge in [-0.1, -0.05) is 0 Å². The Hall–Kier alpha value is -1.61. The van der Waals surface area contributed by atoms with E-state index >= 15 is 0 Å². The van der Waals surface area contributed by atoms with Crippen LogP contribution in [-0.4, -0.2) is 42.6 Å². The van der Waals surface area contributed by atoms with Gasteiger partial charge in [0.05, 0.1) is 16.3 Å². The quantitative estimate of drug-likeness (QED) is 0.647. The number of rotatable bonds is 4. The van der Waals surface area contributed by atoms with Gasteiger partial charge in [0.25, 0.3) is 0 Å². The van der Waals surface area contributed by atoms with Gasteiger partial charge in [-0.05, 0) is 42.5 Å². The minimum atomic E-state index is -0.252. The van der Waals surface area contributed by atoms with Crippen molar-refractivity contribution in [2.75, 3.05) is 37.6 Å². The van der Waals surface area contributed by atoms with Gasteiger partial charge < -0.3 is 10.6 Å². The van der Waals surface area contributed by atoms with E-state index < -0.39 is 0 Å². The van der Waals surface area contributed by atoms with E-state index in [0.29, 0.717) is 0 Å². The number of hydrogen-bond acceptors (Lipinski definition) is 5.